The molecule has 0 fully saturated rings. The molecule has 0 bridgehead atoms. The molecule has 2 aromatic rings. The number of benzene rings is 2. The van der Waals surface area contributed by atoms with E-state index >= 15 is 0 Å². The minimum Gasteiger partial charge on any atom is -0.322 e. The van der Waals surface area contributed by atoms with Crippen molar-refractivity contribution in [3.8, 4) is 0 Å². The summed E-state index contributed by atoms with van der Waals surface area (Å²) in [4.78, 5) is 12.1. The van der Waals surface area contributed by atoms with E-state index in [0.717, 1.165) is 16.8 Å². The number of hydrogen-bond acceptors (Lipinski definition) is 1. The summed E-state index contributed by atoms with van der Waals surface area (Å²) in [6.07, 6.45) is 0. The number of carbonyl (C=O) groups is 1. The van der Waals surface area contributed by atoms with E-state index in [-0.39, 0.29) is 5.91 Å². The predicted molar refractivity (Wildman–Crippen MR) is 80.1 cm³/mol. The molecule has 0 aliphatic rings. The van der Waals surface area contributed by atoms with E-state index in [0.29, 0.717) is 16.5 Å². The van der Waals surface area contributed by atoms with Crippen molar-refractivity contribution < 1.29 is 4.79 Å². The molecule has 2 nitrogen and oxygen atoms in total. The Kier molecular flexibility index (Phi) is 4.46. The van der Waals surface area contributed by atoms with Crippen LogP contribution in [0.3, 0.4) is 0 Å². The second kappa shape index (κ2) is 6.09. The molecule has 1 amide bonds. The van der Waals surface area contributed by atoms with Crippen molar-refractivity contribution in [3.63, 3.8) is 0 Å². The highest BCUT2D eigenvalue weighted by molar-refractivity contribution is 6.31. The lowest BCUT2D eigenvalue weighted by Crippen LogP contribution is -2.11. The van der Waals surface area contributed by atoms with Gasteiger partial charge in [-0.25, -0.2) is 0 Å². The molecule has 0 heterocycles. The molecular weight excluding hydrogens is 281 g/mol. The first-order valence-corrected chi connectivity index (χ1v) is 6.74. The number of amides is 1. The van der Waals surface area contributed by atoms with Crippen LogP contribution in [0.25, 0.3) is 0 Å². The van der Waals surface area contributed by atoms with Crippen LogP contribution in [-0.2, 0) is 5.88 Å². The van der Waals surface area contributed by atoms with E-state index in [1.165, 1.54) is 0 Å². The molecule has 98 valence electrons. The number of nitrogens with one attached hydrogen (secondary N) is 1. The highest BCUT2D eigenvalue weighted by Gasteiger charge is 2.07. The summed E-state index contributed by atoms with van der Waals surface area (Å²) in [5.41, 5.74) is 3.23. The van der Waals surface area contributed by atoms with Gasteiger partial charge in [0, 0.05) is 22.2 Å². The monoisotopic (exact) mass is 293 g/mol. The summed E-state index contributed by atoms with van der Waals surface area (Å²) in [6, 6.07) is 12.6. The summed E-state index contributed by atoms with van der Waals surface area (Å²) >= 11 is 11.6. The van der Waals surface area contributed by atoms with Crippen molar-refractivity contribution in [2.75, 3.05) is 5.32 Å². The first-order chi connectivity index (χ1) is 9.10. The average Bonchev–Trinajstić information content (AvgIpc) is 2.42. The predicted octanol–water partition coefficient (Wildman–Crippen LogP) is 4.64. The van der Waals surface area contributed by atoms with Gasteiger partial charge in [-0.15, -0.1) is 11.6 Å². The number of hydrogen-bond donors (Lipinski definition) is 1. The van der Waals surface area contributed by atoms with E-state index < -0.39 is 0 Å². The van der Waals surface area contributed by atoms with Crippen LogP contribution in [0.2, 0.25) is 5.02 Å². The van der Waals surface area contributed by atoms with Gasteiger partial charge in [-0.05, 0) is 48.4 Å². The fraction of sp³-hybridized carbons (Fsp3) is 0.133. The number of aryl methyl sites for hydroxylation is 1. The normalized spacial score (nSPS) is 10.3. The van der Waals surface area contributed by atoms with Gasteiger partial charge in [0.05, 0.1) is 0 Å². The van der Waals surface area contributed by atoms with Gasteiger partial charge >= 0.3 is 0 Å². The molecule has 0 aliphatic carbocycles. The molecule has 0 aromatic heterocycles. The van der Waals surface area contributed by atoms with Crippen molar-refractivity contribution in [2.45, 2.75) is 12.8 Å². The van der Waals surface area contributed by atoms with Crippen LogP contribution in [0.4, 0.5) is 5.69 Å². The van der Waals surface area contributed by atoms with E-state index in [9.17, 15) is 4.79 Å². The van der Waals surface area contributed by atoms with Crippen LogP contribution in [0.1, 0.15) is 21.5 Å². The first-order valence-electron chi connectivity index (χ1n) is 5.82. The van der Waals surface area contributed by atoms with Gasteiger partial charge in [-0.1, -0.05) is 23.7 Å². The quantitative estimate of drug-likeness (QED) is 0.821. The van der Waals surface area contributed by atoms with E-state index in [1.54, 1.807) is 18.2 Å². The summed E-state index contributed by atoms with van der Waals surface area (Å²) in [5.74, 6) is 0.309. The standard InChI is InChI=1S/C15H13Cl2NO/c1-10-8-12(4-7-14(10)17)15(19)18-13-5-2-11(9-16)3-6-13/h2-8H,9H2,1H3,(H,18,19). The summed E-state index contributed by atoms with van der Waals surface area (Å²) in [7, 11) is 0. The second-order valence-corrected chi connectivity index (χ2v) is 4.92. The molecule has 2 rings (SSSR count). The second-order valence-electron chi connectivity index (χ2n) is 4.25. The van der Waals surface area contributed by atoms with Crippen molar-refractivity contribution in [1.82, 2.24) is 0 Å². The minimum atomic E-state index is -0.154. The molecule has 0 unspecified atom stereocenters. The van der Waals surface area contributed by atoms with Crippen LogP contribution in [0.5, 0.6) is 0 Å². The molecule has 0 radical (unpaired) electrons. The van der Waals surface area contributed by atoms with Crippen molar-refractivity contribution in [3.05, 3.63) is 64.2 Å². The van der Waals surface area contributed by atoms with Crippen LogP contribution < -0.4 is 5.32 Å². The lowest BCUT2D eigenvalue weighted by molar-refractivity contribution is 0.102. The van der Waals surface area contributed by atoms with Crippen LogP contribution in [-0.4, -0.2) is 5.91 Å². The Balaban J connectivity index is 2.13. The largest absolute Gasteiger partial charge is 0.322 e. The topological polar surface area (TPSA) is 29.1 Å². The average molecular weight is 294 g/mol. The van der Waals surface area contributed by atoms with E-state index in [1.807, 2.05) is 31.2 Å². The molecular formula is C15H13Cl2NO. The Hall–Kier alpha value is -1.51. The Morgan fingerprint density at radius 2 is 1.84 bits per heavy atom. The van der Waals surface area contributed by atoms with Gasteiger partial charge in [-0.3, -0.25) is 4.79 Å². The third-order valence-corrected chi connectivity index (χ3v) is 3.52. The number of halogens is 2. The summed E-state index contributed by atoms with van der Waals surface area (Å²) < 4.78 is 0. The summed E-state index contributed by atoms with van der Waals surface area (Å²) in [5, 5.41) is 3.49. The molecule has 0 saturated heterocycles. The number of rotatable bonds is 3. The van der Waals surface area contributed by atoms with Gasteiger partial charge in [-0.2, -0.15) is 0 Å². The van der Waals surface area contributed by atoms with Gasteiger partial charge < -0.3 is 5.32 Å². The highest BCUT2D eigenvalue weighted by atomic mass is 35.5. The minimum absolute atomic E-state index is 0.154. The molecule has 1 N–H and O–H groups in total. The molecule has 0 saturated carbocycles. The lowest BCUT2D eigenvalue weighted by atomic mass is 10.1. The van der Waals surface area contributed by atoms with Crippen LogP contribution >= 0.6 is 23.2 Å². The number of anilines is 1. The maximum Gasteiger partial charge on any atom is 0.255 e. The van der Waals surface area contributed by atoms with Crippen LogP contribution in [0, 0.1) is 6.92 Å². The maximum atomic E-state index is 12.1. The SMILES string of the molecule is Cc1cc(C(=O)Nc2ccc(CCl)cc2)ccc1Cl. The zero-order chi connectivity index (χ0) is 13.8. The maximum absolute atomic E-state index is 12.1. The zero-order valence-corrected chi connectivity index (χ0v) is 11.9. The summed E-state index contributed by atoms with van der Waals surface area (Å²) in [6.45, 7) is 1.87. The molecule has 0 spiro atoms. The molecule has 2 aromatic carbocycles. The molecule has 0 atom stereocenters. The van der Waals surface area contributed by atoms with E-state index in [2.05, 4.69) is 5.32 Å². The zero-order valence-electron chi connectivity index (χ0n) is 10.4. The van der Waals surface area contributed by atoms with Crippen molar-refractivity contribution >= 4 is 34.8 Å². The number of alkyl halides is 1. The van der Waals surface area contributed by atoms with Gasteiger partial charge in [0.2, 0.25) is 0 Å². The van der Waals surface area contributed by atoms with Gasteiger partial charge in [0.15, 0.2) is 0 Å². The van der Waals surface area contributed by atoms with Crippen LogP contribution in [0.15, 0.2) is 42.5 Å². The Bertz CT molecular complexity index is 594. The Morgan fingerprint density at radius 3 is 2.42 bits per heavy atom. The fourth-order valence-corrected chi connectivity index (χ4v) is 1.96. The molecule has 0 aliphatic heterocycles. The van der Waals surface area contributed by atoms with Gasteiger partial charge in [0.1, 0.15) is 0 Å². The third kappa shape index (κ3) is 3.49. The third-order valence-electron chi connectivity index (χ3n) is 2.79. The fourth-order valence-electron chi connectivity index (χ4n) is 1.67. The highest BCUT2D eigenvalue weighted by Crippen LogP contribution is 2.18. The van der Waals surface area contributed by atoms with Gasteiger partial charge in [0.25, 0.3) is 5.91 Å². The number of carbonyl (C=O) groups excluding carboxylic acids is 1. The molecule has 4 heteroatoms. The smallest absolute Gasteiger partial charge is 0.255 e. The Morgan fingerprint density at radius 1 is 1.16 bits per heavy atom. The first kappa shape index (κ1) is 13.9. The lowest BCUT2D eigenvalue weighted by Gasteiger charge is -2.07. The van der Waals surface area contributed by atoms with E-state index in [4.69, 9.17) is 23.2 Å². The molecule has 19 heavy (non-hydrogen) atoms. The van der Waals surface area contributed by atoms with Crippen molar-refractivity contribution in [1.29, 1.82) is 0 Å². The van der Waals surface area contributed by atoms with Crippen molar-refractivity contribution in [2.24, 2.45) is 0 Å². The Labute approximate surface area is 122 Å².